The maximum atomic E-state index is 8.40. The largest absolute Gasteiger partial charge is 0.456 e. The number of allylic oxidation sites excluding steroid dienone is 4. The lowest BCUT2D eigenvalue weighted by molar-refractivity contribution is 0.660. The van der Waals surface area contributed by atoms with E-state index in [1.54, 1.807) is 0 Å². The van der Waals surface area contributed by atoms with E-state index in [4.69, 9.17) is 15.6 Å². The number of aryl methyl sites for hydroxylation is 1. The standard InChI is InChI=1S/C38H29NOS.C23H21N3/c1-4-11-25-26-13-6-8-15-30(26)39(29(25)5-2)31-19-21-35-38(27-14-7-9-17-34(27)41-35)37(31)24-18-20-32-28(22-24)36-23(3)12-10-16-33(36)40-32;1-23(2)19-11-7-6-10-17(19)18-13-12-16(14-20(18)23)22(25)26-21(24)15-8-4-3-5-9-15/h4-22,27,34H,2H2,1,3H3;3-14H,1-2H3,(H3,24,25,26)/b11-4-;. The Morgan fingerprint density at radius 2 is 1.55 bits per heavy atom. The predicted octanol–water partition coefficient (Wildman–Crippen LogP) is 15.6. The molecule has 7 aromatic carbocycles. The summed E-state index contributed by atoms with van der Waals surface area (Å²) in [7, 11) is 0. The van der Waals surface area contributed by atoms with Gasteiger partial charge in [0.15, 0.2) is 5.84 Å². The highest BCUT2D eigenvalue weighted by atomic mass is 32.2. The van der Waals surface area contributed by atoms with Crippen LogP contribution < -0.4 is 5.73 Å². The van der Waals surface area contributed by atoms with E-state index < -0.39 is 0 Å². The van der Waals surface area contributed by atoms with Crippen LogP contribution >= 0.6 is 11.8 Å². The molecule has 2 aromatic heterocycles. The number of fused-ring (bicyclic) bond motifs is 10. The predicted molar refractivity (Wildman–Crippen MR) is 284 cm³/mol. The normalized spacial score (nSPS) is 16.5. The number of nitrogens with one attached hydrogen (secondary N) is 1. The lowest BCUT2D eigenvalue weighted by Crippen LogP contribution is -2.17. The Morgan fingerprint density at radius 1 is 0.776 bits per heavy atom. The molecule has 2 unspecified atom stereocenters. The van der Waals surface area contributed by atoms with E-state index in [0.29, 0.717) is 17.0 Å². The summed E-state index contributed by atoms with van der Waals surface area (Å²) in [6.45, 7) is 13.0. The van der Waals surface area contributed by atoms with E-state index in [1.165, 1.54) is 76.9 Å². The second-order valence-corrected chi connectivity index (χ2v) is 19.2. The maximum Gasteiger partial charge on any atom is 0.154 e. The van der Waals surface area contributed by atoms with Crippen molar-refractivity contribution >= 4 is 68.4 Å². The molecular formula is C61H50N4OS. The lowest BCUT2D eigenvalue weighted by Gasteiger charge is -2.22. The first kappa shape index (κ1) is 42.0. The monoisotopic (exact) mass is 886 g/mol. The number of aromatic nitrogens is 1. The van der Waals surface area contributed by atoms with Crippen molar-refractivity contribution < 1.29 is 4.42 Å². The quantitative estimate of drug-likeness (QED) is 0.129. The third kappa shape index (κ3) is 6.94. The first-order valence-electron chi connectivity index (χ1n) is 22.9. The van der Waals surface area contributed by atoms with Crippen molar-refractivity contribution in [2.45, 2.75) is 49.2 Å². The summed E-state index contributed by atoms with van der Waals surface area (Å²) in [5.74, 6) is 0.858. The first-order valence-corrected chi connectivity index (χ1v) is 23.8. The van der Waals surface area contributed by atoms with Gasteiger partial charge < -0.3 is 14.7 Å². The number of hydrogen-bond acceptors (Lipinski definition) is 3. The van der Waals surface area contributed by atoms with Crippen LogP contribution in [0.15, 0.2) is 197 Å². The van der Waals surface area contributed by atoms with Crippen LogP contribution in [0.3, 0.4) is 0 Å². The zero-order chi connectivity index (χ0) is 46.0. The summed E-state index contributed by atoms with van der Waals surface area (Å²) in [5.41, 5.74) is 24.3. The molecule has 0 fully saturated rings. The van der Waals surface area contributed by atoms with Gasteiger partial charge in [-0.05, 0) is 101 Å². The Hall–Kier alpha value is -7.67. The minimum atomic E-state index is -0.0864. The van der Waals surface area contributed by atoms with E-state index in [9.17, 15) is 0 Å². The summed E-state index contributed by atoms with van der Waals surface area (Å²) in [6, 6.07) is 50.6. The van der Waals surface area contributed by atoms with Gasteiger partial charge in [0.25, 0.3) is 0 Å². The van der Waals surface area contributed by atoms with Crippen molar-refractivity contribution in [1.29, 1.82) is 5.41 Å². The number of furan rings is 1. The number of aliphatic imine (C=N–C) groups is 1. The fourth-order valence-corrected chi connectivity index (χ4v) is 11.9. The van der Waals surface area contributed by atoms with Gasteiger partial charge in [0, 0.05) is 59.9 Å². The Morgan fingerprint density at radius 3 is 2.39 bits per heavy atom. The van der Waals surface area contributed by atoms with E-state index in [0.717, 1.165) is 33.4 Å². The number of nitrogens with two attached hydrogens (primary N) is 1. The van der Waals surface area contributed by atoms with Crippen LogP contribution in [-0.4, -0.2) is 21.5 Å². The minimum Gasteiger partial charge on any atom is -0.456 e. The second-order valence-electron chi connectivity index (χ2n) is 18.0. The summed E-state index contributed by atoms with van der Waals surface area (Å²) in [6.07, 6.45) is 15.4. The van der Waals surface area contributed by atoms with Crippen molar-refractivity contribution in [2.75, 3.05) is 0 Å². The second kappa shape index (κ2) is 16.6. The molecule has 0 bridgehead atoms. The molecule has 2 aliphatic carbocycles. The number of amidine groups is 2. The molecule has 2 atom stereocenters. The Labute approximate surface area is 395 Å². The molecule has 12 rings (SSSR count). The zero-order valence-electron chi connectivity index (χ0n) is 38.0. The average Bonchev–Trinajstić information content (AvgIpc) is 4.08. The molecule has 67 heavy (non-hydrogen) atoms. The van der Waals surface area contributed by atoms with Crippen molar-refractivity contribution in [1.82, 2.24) is 4.57 Å². The summed E-state index contributed by atoms with van der Waals surface area (Å²) in [5, 5.41) is 12.4. The molecule has 326 valence electrons. The topological polar surface area (TPSA) is 80.3 Å². The third-order valence-corrected chi connectivity index (χ3v) is 15.1. The van der Waals surface area contributed by atoms with Gasteiger partial charge in [-0.2, -0.15) is 0 Å². The van der Waals surface area contributed by atoms with Crippen LogP contribution in [0.4, 0.5) is 0 Å². The number of thioether (sulfide) groups is 1. The third-order valence-electron chi connectivity index (χ3n) is 13.7. The molecule has 0 spiro atoms. The van der Waals surface area contributed by atoms with Crippen molar-refractivity contribution in [3.05, 3.63) is 227 Å². The summed E-state index contributed by atoms with van der Waals surface area (Å²) >= 11 is 1.97. The van der Waals surface area contributed by atoms with Gasteiger partial charge in [0.1, 0.15) is 17.0 Å². The molecule has 0 saturated heterocycles. The van der Waals surface area contributed by atoms with Crippen LogP contribution in [0.25, 0.3) is 72.9 Å². The number of nitrogens with zero attached hydrogens (tertiary/aromatic N) is 2. The van der Waals surface area contributed by atoms with Crippen LogP contribution in [0.5, 0.6) is 0 Å². The highest BCUT2D eigenvalue weighted by molar-refractivity contribution is 8.00. The highest BCUT2D eigenvalue weighted by Crippen LogP contribution is 2.54. The molecule has 0 saturated carbocycles. The Bertz CT molecular complexity index is 3620. The fraction of sp³-hybridized carbons (Fsp3) is 0.115. The van der Waals surface area contributed by atoms with E-state index >= 15 is 0 Å². The van der Waals surface area contributed by atoms with Gasteiger partial charge >= 0.3 is 0 Å². The molecule has 0 radical (unpaired) electrons. The molecule has 3 heterocycles. The number of benzene rings is 7. The summed E-state index contributed by atoms with van der Waals surface area (Å²) < 4.78 is 8.70. The molecule has 3 aliphatic rings. The van der Waals surface area contributed by atoms with Gasteiger partial charge in [-0.1, -0.05) is 160 Å². The molecule has 9 aromatic rings. The van der Waals surface area contributed by atoms with Crippen LogP contribution in [0, 0.1) is 12.3 Å². The zero-order valence-corrected chi connectivity index (χ0v) is 38.9. The Kier molecular flexibility index (Phi) is 10.4. The Balaban J connectivity index is 0.000000164. The fourth-order valence-electron chi connectivity index (χ4n) is 10.6. The van der Waals surface area contributed by atoms with E-state index in [-0.39, 0.29) is 11.3 Å². The molecule has 6 heteroatoms. The number of hydrogen-bond donors (Lipinski definition) is 2. The smallest absolute Gasteiger partial charge is 0.154 e. The molecule has 5 nitrogen and oxygen atoms in total. The van der Waals surface area contributed by atoms with Gasteiger partial charge in [0.05, 0.1) is 16.9 Å². The van der Waals surface area contributed by atoms with Crippen molar-refractivity contribution in [3.8, 4) is 27.9 Å². The van der Waals surface area contributed by atoms with E-state index in [1.807, 2.05) is 54.2 Å². The SMILES string of the molecule is C=Cc1c(/C=C\C)c2ccccc2n1-c1ccc2c(c1-c1ccc3oc4cccc(C)c4c3c1)C1C=CC=CC1S2.CC1(C)c2ccccc2-c2ccc(C(=N)N=C(N)c3ccccc3)cc21. The first-order chi connectivity index (χ1) is 32.7. The van der Waals surface area contributed by atoms with Crippen LogP contribution in [0.1, 0.15) is 71.3 Å². The number of rotatable bonds is 6. The summed E-state index contributed by atoms with van der Waals surface area (Å²) in [4.78, 5) is 5.67. The van der Waals surface area contributed by atoms with Crippen LogP contribution in [-0.2, 0) is 5.41 Å². The van der Waals surface area contributed by atoms with Crippen molar-refractivity contribution in [3.63, 3.8) is 0 Å². The average molecular weight is 887 g/mol. The van der Waals surface area contributed by atoms with Gasteiger partial charge in [-0.3, -0.25) is 5.41 Å². The van der Waals surface area contributed by atoms with Gasteiger partial charge in [-0.25, -0.2) is 4.99 Å². The maximum absolute atomic E-state index is 8.40. The van der Waals surface area contributed by atoms with E-state index in [2.05, 4.69) is 189 Å². The molecule has 1 aliphatic heterocycles. The number of para-hydroxylation sites is 1. The van der Waals surface area contributed by atoms with Gasteiger partial charge in [0.2, 0.25) is 0 Å². The molecular weight excluding hydrogens is 837 g/mol. The van der Waals surface area contributed by atoms with Gasteiger partial charge in [-0.15, -0.1) is 11.8 Å². The minimum absolute atomic E-state index is 0.0864. The van der Waals surface area contributed by atoms with Crippen LogP contribution in [0.2, 0.25) is 0 Å². The molecule has 3 N–H and O–H groups in total. The lowest BCUT2D eigenvalue weighted by atomic mass is 9.82. The van der Waals surface area contributed by atoms with Crippen molar-refractivity contribution in [2.24, 2.45) is 10.7 Å². The molecule has 0 amide bonds. The highest BCUT2D eigenvalue weighted by Gasteiger charge is 2.37.